The molecule has 0 aliphatic heterocycles. The summed E-state index contributed by atoms with van der Waals surface area (Å²) in [5, 5.41) is 15.3. The minimum Gasteiger partial charge on any atom is -0.387 e. The third-order valence-corrected chi connectivity index (χ3v) is 11.9. The molecule has 0 bridgehead atoms. The average molecular weight is 482 g/mol. The molecule has 3 nitrogen and oxygen atoms in total. The summed E-state index contributed by atoms with van der Waals surface area (Å²) in [6, 6.07) is 11.9. The summed E-state index contributed by atoms with van der Waals surface area (Å²) in [6.45, 7) is 13.3. The van der Waals surface area contributed by atoms with Crippen LogP contribution >= 0.6 is 0 Å². The summed E-state index contributed by atoms with van der Waals surface area (Å²) in [7, 11) is 0. The van der Waals surface area contributed by atoms with Crippen LogP contribution in [0.15, 0.2) is 30.3 Å². The molecule has 0 heterocycles. The Morgan fingerprint density at radius 2 is 1.69 bits per heavy atom. The van der Waals surface area contributed by atoms with Crippen molar-refractivity contribution in [1.29, 1.82) is 0 Å². The number of ether oxygens (including phenoxy) is 1. The molecule has 0 unspecified atom stereocenters. The summed E-state index contributed by atoms with van der Waals surface area (Å²) in [6.07, 6.45) is 11.3. The van der Waals surface area contributed by atoms with Gasteiger partial charge in [-0.05, 0) is 125 Å². The molecule has 4 aliphatic rings. The van der Waals surface area contributed by atoms with Gasteiger partial charge in [-0.25, -0.2) is 0 Å². The second-order valence-electron chi connectivity index (χ2n) is 13.5. The van der Waals surface area contributed by atoms with E-state index in [0.717, 1.165) is 36.5 Å². The Hall–Kier alpha value is -0.900. The van der Waals surface area contributed by atoms with E-state index in [9.17, 15) is 5.11 Å². The van der Waals surface area contributed by atoms with Crippen LogP contribution in [0.2, 0.25) is 0 Å². The molecular weight excluding hydrogens is 430 g/mol. The summed E-state index contributed by atoms with van der Waals surface area (Å²) in [5.74, 6) is 4.05. The monoisotopic (exact) mass is 481 g/mol. The van der Waals surface area contributed by atoms with Crippen LogP contribution in [0.5, 0.6) is 0 Å². The van der Waals surface area contributed by atoms with Crippen molar-refractivity contribution >= 4 is 0 Å². The highest BCUT2D eigenvalue weighted by atomic mass is 16.5. The topological polar surface area (TPSA) is 41.5 Å². The fraction of sp³-hybridized carbons (Fsp3) is 0.812. The van der Waals surface area contributed by atoms with Crippen LogP contribution in [-0.2, 0) is 4.74 Å². The van der Waals surface area contributed by atoms with Crippen LogP contribution in [0.4, 0.5) is 0 Å². The molecule has 2 N–H and O–H groups in total. The van der Waals surface area contributed by atoms with E-state index in [4.69, 9.17) is 4.74 Å². The van der Waals surface area contributed by atoms with E-state index in [1.807, 2.05) is 6.92 Å². The molecule has 5 rings (SSSR count). The smallest absolute Gasteiger partial charge is 0.0883 e. The fourth-order valence-corrected chi connectivity index (χ4v) is 9.96. The van der Waals surface area contributed by atoms with Crippen LogP contribution in [0.1, 0.15) is 104 Å². The first kappa shape index (κ1) is 25.7. The lowest BCUT2D eigenvalue weighted by atomic mass is 9.43. The van der Waals surface area contributed by atoms with Crippen molar-refractivity contribution < 1.29 is 9.84 Å². The first-order valence-electron chi connectivity index (χ1n) is 14.8. The molecule has 4 aliphatic carbocycles. The van der Waals surface area contributed by atoms with Crippen LogP contribution in [0, 0.1) is 40.4 Å². The zero-order valence-corrected chi connectivity index (χ0v) is 23.1. The molecule has 0 saturated heterocycles. The lowest BCUT2D eigenvalue weighted by molar-refractivity contribution is -0.165. The Morgan fingerprint density at radius 3 is 2.43 bits per heavy atom. The SMILES string of the molecule is CCOC[C@@]1(O)CC[C@@]2(C)[C@H](CC[C@@H]3[C@@H]2CC[C@]2(C)[C@@H]([C@H](C)N[C@@H](C)c4ccccc4)CC[C@@H]32)C1. The summed E-state index contributed by atoms with van der Waals surface area (Å²) < 4.78 is 5.70. The Bertz CT molecular complexity index is 858. The third kappa shape index (κ3) is 4.53. The van der Waals surface area contributed by atoms with Gasteiger partial charge < -0.3 is 15.2 Å². The molecule has 0 amide bonds. The van der Waals surface area contributed by atoms with Gasteiger partial charge in [-0.2, -0.15) is 0 Å². The number of fused-ring (bicyclic) bond motifs is 5. The Kier molecular flexibility index (Phi) is 7.18. The van der Waals surface area contributed by atoms with Crippen molar-refractivity contribution in [2.75, 3.05) is 13.2 Å². The maximum absolute atomic E-state index is 11.3. The molecule has 3 heteroatoms. The predicted molar refractivity (Wildman–Crippen MR) is 144 cm³/mol. The van der Waals surface area contributed by atoms with Gasteiger partial charge in [-0.1, -0.05) is 44.2 Å². The van der Waals surface area contributed by atoms with E-state index in [1.54, 1.807) is 0 Å². The molecule has 4 fully saturated rings. The van der Waals surface area contributed by atoms with E-state index in [2.05, 4.69) is 63.3 Å². The number of rotatable bonds is 7. The number of hydrogen-bond donors (Lipinski definition) is 2. The zero-order valence-electron chi connectivity index (χ0n) is 23.1. The van der Waals surface area contributed by atoms with Gasteiger partial charge in [0, 0.05) is 18.7 Å². The second kappa shape index (κ2) is 9.76. The van der Waals surface area contributed by atoms with Crippen LogP contribution in [0.25, 0.3) is 0 Å². The van der Waals surface area contributed by atoms with Gasteiger partial charge in [-0.15, -0.1) is 0 Å². The summed E-state index contributed by atoms with van der Waals surface area (Å²) in [4.78, 5) is 0. The standard InChI is InChI=1S/C32H51NO2/c1-6-35-21-32(34)19-18-30(4)25(20-32)12-13-26-28-15-14-27(31(28,5)17-16-29(26)30)23(3)33-22(2)24-10-8-7-9-11-24/h7-11,22-23,25-29,33-34H,6,12-21H2,1-5H3/t22-,23-,25+,26-,27+,28-,29-,30-,31+,32+/m0/s1. The predicted octanol–water partition coefficient (Wildman–Crippen LogP) is 7.15. The number of hydrogen-bond acceptors (Lipinski definition) is 3. The van der Waals surface area contributed by atoms with Crippen LogP contribution < -0.4 is 5.32 Å². The molecule has 196 valence electrons. The average Bonchev–Trinajstić information content (AvgIpc) is 3.21. The molecule has 0 spiro atoms. The Morgan fingerprint density at radius 1 is 0.943 bits per heavy atom. The molecular formula is C32H51NO2. The highest BCUT2D eigenvalue weighted by Gasteiger charge is 2.61. The van der Waals surface area contributed by atoms with Gasteiger partial charge in [0.25, 0.3) is 0 Å². The van der Waals surface area contributed by atoms with Crippen molar-refractivity contribution in [3.63, 3.8) is 0 Å². The number of aliphatic hydroxyl groups is 1. The van der Waals surface area contributed by atoms with Crippen molar-refractivity contribution in [3.8, 4) is 0 Å². The van der Waals surface area contributed by atoms with E-state index in [1.165, 1.54) is 50.5 Å². The number of benzene rings is 1. The maximum atomic E-state index is 11.3. The van der Waals surface area contributed by atoms with Gasteiger partial charge in [0.1, 0.15) is 0 Å². The molecule has 35 heavy (non-hydrogen) atoms. The second-order valence-corrected chi connectivity index (χ2v) is 13.5. The van der Waals surface area contributed by atoms with Crippen LogP contribution in [0.3, 0.4) is 0 Å². The van der Waals surface area contributed by atoms with Crippen LogP contribution in [-0.4, -0.2) is 30.0 Å². The summed E-state index contributed by atoms with van der Waals surface area (Å²) in [5.41, 5.74) is 1.69. The molecule has 1 aromatic carbocycles. The van der Waals surface area contributed by atoms with Crippen molar-refractivity contribution in [3.05, 3.63) is 35.9 Å². The van der Waals surface area contributed by atoms with Crippen molar-refractivity contribution in [1.82, 2.24) is 5.32 Å². The molecule has 0 radical (unpaired) electrons. The largest absolute Gasteiger partial charge is 0.387 e. The minimum atomic E-state index is -0.592. The molecule has 1 aromatic rings. The zero-order chi connectivity index (χ0) is 24.8. The lowest BCUT2D eigenvalue weighted by Gasteiger charge is -2.62. The minimum absolute atomic E-state index is 0.400. The first-order valence-corrected chi connectivity index (χ1v) is 14.8. The Balaban J connectivity index is 1.27. The summed E-state index contributed by atoms with van der Waals surface area (Å²) >= 11 is 0. The lowest BCUT2D eigenvalue weighted by Crippen LogP contribution is -2.57. The normalized spacial score (nSPS) is 44.7. The molecule has 0 aromatic heterocycles. The van der Waals surface area contributed by atoms with Gasteiger partial charge in [-0.3, -0.25) is 0 Å². The molecule has 10 atom stereocenters. The van der Waals surface area contributed by atoms with E-state index in [-0.39, 0.29) is 0 Å². The van der Waals surface area contributed by atoms with E-state index < -0.39 is 5.60 Å². The fourth-order valence-electron chi connectivity index (χ4n) is 9.96. The van der Waals surface area contributed by atoms with Crippen molar-refractivity contribution in [2.24, 2.45) is 40.4 Å². The third-order valence-electron chi connectivity index (χ3n) is 11.9. The van der Waals surface area contributed by atoms with Gasteiger partial charge in [0.2, 0.25) is 0 Å². The highest BCUT2D eigenvalue weighted by Crippen LogP contribution is 2.68. The van der Waals surface area contributed by atoms with Gasteiger partial charge >= 0.3 is 0 Å². The van der Waals surface area contributed by atoms with E-state index in [0.29, 0.717) is 42.0 Å². The highest BCUT2D eigenvalue weighted by molar-refractivity contribution is 5.19. The number of nitrogens with one attached hydrogen (secondary N) is 1. The van der Waals surface area contributed by atoms with Gasteiger partial charge in [0.05, 0.1) is 12.2 Å². The first-order chi connectivity index (χ1) is 16.7. The van der Waals surface area contributed by atoms with Crippen molar-refractivity contribution in [2.45, 2.75) is 110 Å². The van der Waals surface area contributed by atoms with E-state index >= 15 is 0 Å². The maximum Gasteiger partial charge on any atom is 0.0883 e. The molecule has 4 saturated carbocycles. The van der Waals surface area contributed by atoms with Gasteiger partial charge in [0.15, 0.2) is 0 Å². The Labute approximate surface area is 214 Å². The quantitative estimate of drug-likeness (QED) is 0.434.